The van der Waals surface area contributed by atoms with Crippen molar-refractivity contribution in [1.82, 2.24) is 5.32 Å². The van der Waals surface area contributed by atoms with Crippen molar-refractivity contribution in [3.05, 3.63) is 35.4 Å². The fraction of sp³-hybridized carbons (Fsp3) is 0.500. The third-order valence-corrected chi connectivity index (χ3v) is 3.25. The Bertz CT molecular complexity index is 427. The molecular formula is C14H19NO3. The summed E-state index contributed by atoms with van der Waals surface area (Å²) in [6, 6.07) is 8.31. The summed E-state index contributed by atoms with van der Waals surface area (Å²) < 4.78 is 9.96. The molecule has 0 bridgehead atoms. The van der Waals surface area contributed by atoms with Gasteiger partial charge in [-0.2, -0.15) is 0 Å². The molecular weight excluding hydrogens is 230 g/mol. The van der Waals surface area contributed by atoms with Crippen LogP contribution >= 0.6 is 0 Å². The highest BCUT2D eigenvalue weighted by Gasteiger charge is 2.46. The normalized spacial score (nSPS) is 17.0. The molecule has 0 spiro atoms. The van der Waals surface area contributed by atoms with E-state index < -0.39 is 5.41 Å². The van der Waals surface area contributed by atoms with Gasteiger partial charge in [0.1, 0.15) is 5.41 Å². The summed E-state index contributed by atoms with van der Waals surface area (Å²) in [5, 5.41) is 3.31. The molecule has 0 radical (unpaired) electrons. The number of methoxy groups -OCH3 is 1. The Labute approximate surface area is 107 Å². The van der Waals surface area contributed by atoms with Gasteiger partial charge >= 0.3 is 5.97 Å². The van der Waals surface area contributed by atoms with Crippen LogP contribution in [0.5, 0.6) is 0 Å². The molecule has 1 heterocycles. The summed E-state index contributed by atoms with van der Waals surface area (Å²) in [5.74, 6) is -0.189. The Morgan fingerprint density at radius 2 is 2.28 bits per heavy atom. The van der Waals surface area contributed by atoms with Crippen LogP contribution in [0.1, 0.15) is 11.1 Å². The number of hydrogen-bond acceptors (Lipinski definition) is 4. The van der Waals surface area contributed by atoms with Gasteiger partial charge in [0.05, 0.1) is 20.3 Å². The standard InChI is InChI=1S/C14H19NO3/c1-11-4-3-5-12(6-11)7-15-8-14(9-18-10-14)13(16)17-2/h3-6,15H,7-10H2,1-2H3. The first kappa shape index (κ1) is 13.1. The summed E-state index contributed by atoms with van der Waals surface area (Å²) in [5.41, 5.74) is 1.97. The first-order valence-corrected chi connectivity index (χ1v) is 6.09. The summed E-state index contributed by atoms with van der Waals surface area (Å²) in [6.07, 6.45) is 0. The van der Waals surface area contributed by atoms with Crippen LogP contribution in [-0.4, -0.2) is 32.8 Å². The molecule has 18 heavy (non-hydrogen) atoms. The van der Waals surface area contributed by atoms with E-state index in [-0.39, 0.29) is 5.97 Å². The Morgan fingerprint density at radius 3 is 2.83 bits per heavy atom. The molecule has 1 aromatic carbocycles. The lowest BCUT2D eigenvalue weighted by molar-refractivity contribution is -0.182. The van der Waals surface area contributed by atoms with Gasteiger partial charge in [-0.15, -0.1) is 0 Å². The Balaban J connectivity index is 1.86. The Morgan fingerprint density at radius 1 is 1.50 bits per heavy atom. The second-order valence-corrected chi connectivity index (χ2v) is 4.86. The molecule has 2 rings (SSSR count). The first-order chi connectivity index (χ1) is 8.66. The number of carbonyl (C=O) groups excluding carboxylic acids is 1. The second kappa shape index (κ2) is 5.50. The molecule has 0 unspecified atom stereocenters. The number of aryl methyl sites for hydroxylation is 1. The number of carbonyl (C=O) groups is 1. The topological polar surface area (TPSA) is 47.6 Å². The minimum absolute atomic E-state index is 0.189. The first-order valence-electron chi connectivity index (χ1n) is 6.09. The highest BCUT2D eigenvalue weighted by Crippen LogP contribution is 2.28. The van der Waals surface area contributed by atoms with Crippen LogP contribution in [-0.2, 0) is 20.8 Å². The van der Waals surface area contributed by atoms with E-state index >= 15 is 0 Å². The average Bonchev–Trinajstić information content (AvgIpc) is 2.32. The fourth-order valence-corrected chi connectivity index (χ4v) is 2.13. The van der Waals surface area contributed by atoms with Gasteiger partial charge in [-0.1, -0.05) is 29.8 Å². The lowest BCUT2D eigenvalue weighted by Crippen LogP contribution is -2.55. The molecule has 0 saturated carbocycles. The number of rotatable bonds is 5. The molecule has 98 valence electrons. The minimum atomic E-state index is -0.488. The van der Waals surface area contributed by atoms with E-state index in [1.165, 1.54) is 18.2 Å². The van der Waals surface area contributed by atoms with Gasteiger partial charge in [0.25, 0.3) is 0 Å². The maximum Gasteiger partial charge on any atom is 0.317 e. The van der Waals surface area contributed by atoms with Gasteiger partial charge in [-0.05, 0) is 12.5 Å². The predicted octanol–water partition coefficient (Wildman–Crippen LogP) is 1.27. The smallest absolute Gasteiger partial charge is 0.317 e. The maximum atomic E-state index is 11.7. The Hall–Kier alpha value is -1.39. The number of ether oxygens (including phenoxy) is 2. The van der Waals surface area contributed by atoms with Gasteiger partial charge < -0.3 is 14.8 Å². The third-order valence-electron chi connectivity index (χ3n) is 3.25. The van der Waals surface area contributed by atoms with E-state index in [0.717, 1.165) is 6.54 Å². The van der Waals surface area contributed by atoms with Gasteiger partial charge in [0.15, 0.2) is 0 Å². The maximum absolute atomic E-state index is 11.7. The molecule has 1 fully saturated rings. The van der Waals surface area contributed by atoms with E-state index in [0.29, 0.717) is 19.8 Å². The molecule has 1 saturated heterocycles. The van der Waals surface area contributed by atoms with Crippen molar-refractivity contribution >= 4 is 5.97 Å². The minimum Gasteiger partial charge on any atom is -0.468 e. The molecule has 0 atom stereocenters. The predicted molar refractivity (Wildman–Crippen MR) is 68.2 cm³/mol. The number of hydrogen-bond donors (Lipinski definition) is 1. The third kappa shape index (κ3) is 2.71. The zero-order valence-electron chi connectivity index (χ0n) is 10.9. The van der Waals surface area contributed by atoms with Gasteiger partial charge in [0, 0.05) is 13.1 Å². The van der Waals surface area contributed by atoms with Crippen LogP contribution in [0.25, 0.3) is 0 Å². The van der Waals surface area contributed by atoms with Crippen LogP contribution in [0.3, 0.4) is 0 Å². The van der Waals surface area contributed by atoms with Crippen LogP contribution in [0.2, 0.25) is 0 Å². The van der Waals surface area contributed by atoms with Crippen molar-refractivity contribution in [2.75, 3.05) is 26.9 Å². The number of nitrogens with one attached hydrogen (secondary N) is 1. The highest BCUT2D eigenvalue weighted by atomic mass is 16.5. The molecule has 0 aliphatic carbocycles. The summed E-state index contributed by atoms with van der Waals surface area (Å²) >= 11 is 0. The second-order valence-electron chi connectivity index (χ2n) is 4.86. The van der Waals surface area contributed by atoms with E-state index in [1.54, 1.807) is 0 Å². The molecule has 0 amide bonds. The van der Waals surface area contributed by atoms with E-state index in [1.807, 2.05) is 6.07 Å². The summed E-state index contributed by atoms with van der Waals surface area (Å²) in [6.45, 7) is 4.30. The summed E-state index contributed by atoms with van der Waals surface area (Å²) in [7, 11) is 1.42. The molecule has 1 N–H and O–H groups in total. The zero-order chi connectivity index (χ0) is 13.0. The van der Waals surface area contributed by atoms with Gasteiger partial charge in [-0.25, -0.2) is 0 Å². The molecule has 1 aliphatic rings. The highest BCUT2D eigenvalue weighted by molar-refractivity contribution is 5.78. The van der Waals surface area contributed by atoms with Crippen LogP contribution in [0.15, 0.2) is 24.3 Å². The van der Waals surface area contributed by atoms with Crippen LogP contribution in [0.4, 0.5) is 0 Å². The van der Waals surface area contributed by atoms with Crippen LogP contribution in [0, 0.1) is 12.3 Å². The van der Waals surface area contributed by atoms with Crippen molar-refractivity contribution in [3.63, 3.8) is 0 Å². The summed E-state index contributed by atoms with van der Waals surface area (Å²) in [4.78, 5) is 11.7. The van der Waals surface area contributed by atoms with Crippen molar-refractivity contribution < 1.29 is 14.3 Å². The van der Waals surface area contributed by atoms with Crippen molar-refractivity contribution in [2.45, 2.75) is 13.5 Å². The van der Waals surface area contributed by atoms with Crippen molar-refractivity contribution in [3.8, 4) is 0 Å². The van der Waals surface area contributed by atoms with Crippen molar-refractivity contribution in [1.29, 1.82) is 0 Å². The number of benzene rings is 1. The monoisotopic (exact) mass is 249 g/mol. The lowest BCUT2D eigenvalue weighted by atomic mass is 9.86. The number of esters is 1. The van der Waals surface area contributed by atoms with E-state index in [2.05, 4.69) is 30.4 Å². The SMILES string of the molecule is COC(=O)C1(CNCc2cccc(C)c2)COC1. The molecule has 4 nitrogen and oxygen atoms in total. The van der Waals surface area contributed by atoms with Gasteiger partial charge in [-0.3, -0.25) is 4.79 Å². The largest absolute Gasteiger partial charge is 0.468 e. The lowest BCUT2D eigenvalue weighted by Gasteiger charge is -2.38. The van der Waals surface area contributed by atoms with E-state index in [9.17, 15) is 4.79 Å². The zero-order valence-corrected chi connectivity index (χ0v) is 10.9. The average molecular weight is 249 g/mol. The molecule has 0 aromatic heterocycles. The quantitative estimate of drug-likeness (QED) is 0.798. The van der Waals surface area contributed by atoms with Crippen molar-refractivity contribution in [2.24, 2.45) is 5.41 Å². The van der Waals surface area contributed by atoms with Crippen LogP contribution < -0.4 is 5.32 Å². The van der Waals surface area contributed by atoms with Gasteiger partial charge in [0.2, 0.25) is 0 Å². The molecule has 4 heteroatoms. The van der Waals surface area contributed by atoms with E-state index in [4.69, 9.17) is 9.47 Å². The molecule has 1 aliphatic heterocycles. The fourth-order valence-electron chi connectivity index (χ4n) is 2.13. The molecule has 1 aromatic rings. The Kier molecular flexibility index (Phi) is 3.99.